The van der Waals surface area contributed by atoms with Crippen molar-refractivity contribution in [3.05, 3.63) is 69.3 Å². The lowest BCUT2D eigenvalue weighted by Gasteiger charge is -2.28. The van der Waals surface area contributed by atoms with Crippen LogP contribution in [0.2, 0.25) is 0 Å². The highest BCUT2D eigenvalue weighted by atomic mass is 19.1. The summed E-state index contributed by atoms with van der Waals surface area (Å²) in [6, 6.07) is 5.48. The van der Waals surface area contributed by atoms with Crippen LogP contribution < -0.4 is 20.9 Å². The number of halogens is 1. The van der Waals surface area contributed by atoms with Crippen LogP contribution in [0, 0.1) is 18.7 Å². The quantitative estimate of drug-likeness (QED) is 0.257. The zero-order valence-corrected chi connectivity index (χ0v) is 23.9. The summed E-state index contributed by atoms with van der Waals surface area (Å²) >= 11 is 0. The predicted octanol–water partition coefficient (Wildman–Crippen LogP) is 2.52. The molecule has 13 nitrogen and oxygen atoms in total. The number of ether oxygens (including phenoxy) is 2. The fourth-order valence-corrected chi connectivity index (χ4v) is 3.68. The number of esters is 1. The van der Waals surface area contributed by atoms with Crippen LogP contribution in [0.1, 0.15) is 79.5 Å². The number of benzene rings is 1. The van der Waals surface area contributed by atoms with Gasteiger partial charge in [-0.15, -0.1) is 10.2 Å². The third-order valence-corrected chi connectivity index (χ3v) is 5.85. The van der Waals surface area contributed by atoms with Gasteiger partial charge in [0.25, 0.3) is 11.5 Å². The van der Waals surface area contributed by atoms with Crippen LogP contribution in [0.3, 0.4) is 0 Å². The van der Waals surface area contributed by atoms with Crippen molar-refractivity contribution in [2.24, 2.45) is 13.0 Å². The second-order valence-corrected chi connectivity index (χ2v) is 10.1. The van der Waals surface area contributed by atoms with Crippen molar-refractivity contribution in [1.29, 1.82) is 0 Å². The Morgan fingerprint density at radius 1 is 1.12 bits per heavy atom. The van der Waals surface area contributed by atoms with Gasteiger partial charge in [-0.1, -0.05) is 32.9 Å². The summed E-state index contributed by atoms with van der Waals surface area (Å²) in [6.07, 6.45) is -1.12. The van der Waals surface area contributed by atoms with Crippen LogP contribution in [0.4, 0.5) is 4.39 Å². The number of aromatic nitrogens is 4. The number of nitrogens with one attached hydrogen (secondary N) is 2. The van der Waals surface area contributed by atoms with E-state index in [1.54, 1.807) is 34.6 Å². The highest BCUT2D eigenvalue weighted by Crippen LogP contribution is 2.23. The van der Waals surface area contributed by atoms with E-state index in [2.05, 4.69) is 25.8 Å². The predicted molar refractivity (Wildman–Crippen MR) is 142 cm³/mol. The first-order valence-electron chi connectivity index (χ1n) is 12.9. The SMILES string of the molecule is CCC(=O)OC(Oc1c(C(=O)NCc2ccc(F)cc2)nc(C(C)(C)NC(=O)c2nnc(C)o2)n(C)c1=O)C(C)C. The fourth-order valence-electron chi connectivity index (χ4n) is 3.68. The molecule has 3 rings (SSSR count). The van der Waals surface area contributed by atoms with Crippen molar-refractivity contribution >= 4 is 17.8 Å². The van der Waals surface area contributed by atoms with E-state index in [0.29, 0.717) is 5.56 Å². The summed E-state index contributed by atoms with van der Waals surface area (Å²) in [7, 11) is 1.39. The molecule has 2 heterocycles. The Bertz CT molecular complexity index is 1480. The number of hydrogen-bond donors (Lipinski definition) is 2. The molecular weight excluding hydrogens is 539 g/mol. The molecule has 0 fully saturated rings. The molecule has 1 unspecified atom stereocenters. The highest BCUT2D eigenvalue weighted by molar-refractivity contribution is 5.95. The maximum absolute atomic E-state index is 13.6. The summed E-state index contributed by atoms with van der Waals surface area (Å²) in [5, 5.41) is 12.7. The lowest BCUT2D eigenvalue weighted by molar-refractivity contribution is -0.169. The normalized spacial score (nSPS) is 12.1. The number of amides is 2. The van der Waals surface area contributed by atoms with Crippen LogP contribution >= 0.6 is 0 Å². The molecule has 0 spiro atoms. The largest absolute Gasteiger partial charge is 0.446 e. The van der Waals surface area contributed by atoms with Gasteiger partial charge in [-0.05, 0) is 31.5 Å². The molecule has 3 aromatic rings. The highest BCUT2D eigenvalue weighted by Gasteiger charge is 2.34. The number of rotatable bonds is 11. The molecule has 2 N–H and O–H groups in total. The Hall–Kier alpha value is -4.62. The first kappa shape index (κ1) is 30.9. The Morgan fingerprint density at radius 2 is 1.78 bits per heavy atom. The molecule has 0 saturated heterocycles. The maximum Gasteiger partial charge on any atom is 0.309 e. The van der Waals surface area contributed by atoms with E-state index in [4.69, 9.17) is 13.9 Å². The van der Waals surface area contributed by atoms with E-state index in [-0.39, 0.29) is 30.6 Å². The third-order valence-electron chi connectivity index (χ3n) is 5.85. The molecule has 1 atom stereocenters. The molecule has 2 aromatic heterocycles. The summed E-state index contributed by atoms with van der Waals surface area (Å²) < 4.78 is 30.8. The number of hydrogen-bond acceptors (Lipinski definition) is 10. The molecule has 14 heteroatoms. The smallest absolute Gasteiger partial charge is 0.309 e. The van der Waals surface area contributed by atoms with Crippen LogP contribution in [-0.2, 0) is 28.7 Å². The average molecular weight is 573 g/mol. The summed E-state index contributed by atoms with van der Waals surface area (Å²) in [5.41, 5.74) is -1.91. The van der Waals surface area contributed by atoms with E-state index in [1.807, 2.05) is 0 Å². The van der Waals surface area contributed by atoms with Gasteiger partial charge >= 0.3 is 17.8 Å². The topological polar surface area (TPSA) is 168 Å². The number of nitrogens with zero attached hydrogens (tertiary/aromatic N) is 4. The first-order chi connectivity index (χ1) is 19.2. The van der Waals surface area contributed by atoms with E-state index < -0.39 is 58.4 Å². The van der Waals surface area contributed by atoms with Crippen LogP contribution in [0.5, 0.6) is 5.75 Å². The molecule has 0 aliphatic carbocycles. The molecular formula is C27H33FN6O7. The van der Waals surface area contributed by atoms with Gasteiger partial charge in [-0.2, -0.15) is 0 Å². The summed E-state index contributed by atoms with van der Waals surface area (Å²) in [5.74, 6) is -3.47. The minimum atomic E-state index is -1.33. The van der Waals surface area contributed by atoms with Crippen molar-refractivity contribution in [3.63, 3.8) is 0 Å². The second kappa shape index (κ2) is 12.7. The molecule has 0 radical (unpaired) electrons. The second-order valence-electron chi connectivity index (χ2n) is 10.1. The lowest BCUT2D eigenvalue weighted by Crippen LogP contribution is -2.46. The summed E-state index contributed by atoms with van der Waals surface area (Å²) in [6.45, 7) is 9.68. The van der Waals surface area contributed by atoms with Crippen LogP contribution in [0.25, 0.3) is 0 Å². The van der Waals surface area contributed by atoms with Gasteiger partial charge in [0.05, 0.1) is 5.54 Å². The van der Waals surface area contributed by atoms with Gasteiger partial charge in [0, 0.05) is 32.9 Å². The Labute approximate surface area is 235 Å². The molecule has 1 aromatic carbocycles. The number of aryl methyl sites for hydroxylation is 1. The molecule has 0 aliphatic heterocycles. The van der Waals surface area contributed by atoms with E-state index in [9.17, 15) is 23.6 Å². The van der Waals surface area contributed by atoms with Gasteiger partial charge < -0.3 is 24.5 Å². The molecule has 0 bridgehead atoms. The van der Waals surface area contributed by atoms with Gasteiger partial charge in [0.2, 0.25) is 17.9 Å². The standard InChI is InChI=1S/C27H33FN6O7/c1-8-18(35)40-25(14(2)3)41-20-19(21(36)29-13-16-9-11-17(28)12-10-16)30-26(34(7)24(20)38)27(5,6)31-22(37)23-33-32-15(4)39-23/h9-12,14,25H,8,13H2,1-7H3,(H,29,36)(H,31,37). The zero-order chi connectivity index (χ0) is 30.5. The van der Waals surface area contributed by atoms with E-state index >= 15 is 0 Å². The Balaban J connectivity index is 2.05. The number of carbonyl (C=O) groups is 3. The minimum absolute atomic E-state index is 0.00183. The fraction of sp³-hybridized carbons (Fsp3) is 0.444. The molecule has 0 aliphatic rings. The van der Waals surface area contributed by atoms with Crippen molar-refractivity contribution in [2.75, 3.05) is 0 Å². The van der Waals surface area contributed by atoms with E-state index in [0.717, 1.165) is 4.57 Å². The minimum Gasteiger partial charge on any atom is -0.446 e. The van der Waals surface area contributed by atoms with Crippen molar-refractivity contribution in [2.45, 2.75) is 66.3 Å². The van der Waals surface area contributed by atoms with Crippen molar-refractivity contribution in [3.8, 4) is 5.75 Å². The molecule has 0 saturated carbocycles. The van der Waals surface area contributed by atoms with Crippen LogP contribution in [0.15, 0.2) is 33.5 Å². The van der Waals surface area contributed by atoms with E-state index in [1.165, 1.54) is 38.2 Å². The van der Waals surface area contributed by atoms with Crippen molar-refractivity contribution < 1.29 is 32.7 Å². The zero-order valence-electron chi connectivity index (χ0n) is 23.9. The average Bonchev–Trinajstić information content (AvgIpc) is 3.36. The van der Waals surface area contributed by atoms with Gasteiger partial charge in [-0.25, -0.2) is 9.37 Å². The van der Waals surface area contributed by atoms with Crippen LogP contribution in [-0.4, -0.2) is 43.8 Å². The maximum atomic E-state index is 13.6. The monoisotopic (exact) mass is 572 g/mol. The molecule has 41 heavy (non-hydrogen) atoms. The Morgan fingerprint density at radius 3 is 2.34 bits per heavy atom. The van der Waals surface area contributed by atoms with Gasteiger partial charge in [-0.3, -0.25) is 23.7 Å². The molecule has 2 amide bonds. The first-order valence-corrected chi connectivity index (χ1v) is 12.9. The van der Waals surface area contributed by atoms with Gasteiger partial charge in [0.1, 0.15) is 11.6 Å². The van der Waals surface area contributed by atoms with Gasteiger partial charge in [0.15, 0.2) is 5.69 Å². The number of carbonyl (C=O) groups excluding carboxylic acids is 3. The van der Waals surface area contributed by atoms with Crippen molar-refractivity contribution in [1.82, 2.24) is 30.4 Å². The molecule has 220 valence electrons. The summed E-state index contributed by atoms with van der Waals surface area (Å²) in [4.78, 5) is 56.3. The lowest BCUT2D eigenvalue weighted by atomic mass is 10.0. The Kier molecular flexibility index (Phi) is 9.58. The third kappa shape index (κ3) is 7.52.